The average Bonchev–Trinajstić information content (AvgIpc) is 2.48. The Morgan fingerprint density at radius 1 is 0.955 bits per heavy atom. The first-order chi connectivity index (χ1) is 10.6. The van der Waals surface area contributed by atoms with Crippen molar-refractivity contribution in [2.75, 3.05) is 7.05 Å². The Balaban J connectivity index is 2.08. The molecule has 0 aliphatic carbocycles. The molecule has 22 heavy (non-hydrogen) atoms. The molecule has 0 fully saturated rings. The van der Waals surface area contributed by atoms with Gasteiger partial charge in [0.25, 0.3) is 0 Å². The summed E-state index contributed by atoms with van der Waals surface area (Å²) in [6, 6.07) is 20.3. The van der Waals surface area contributed by atoms with Crippen LogP contribution in [0.4, 0.5) is 0 Å². The molecule has 0 saturated heterocycles. The fraction of sp³-hybridized carbons (Fsp3) is 0.263. The van der Waals surface area contributed by atoms with Gasteiger partial charge in [-0.1, -0.05) is 60.7 Å². The predicted octanol–water partition coefficient (Wildman–Crippen LogP) is 3.70. The first-order valence-electron chi connectivity index (χ1n) is 7.48. The largest absolute Gasteiger partial charge is 0.300 e. The van der Waals surface area contributed by atoms with Gasteiger partial charge in [-0.2, -0.15) is 5.10 Å². The van der Waals surface area contributed by atoms with Gasteiger partial charge in [-0.3, -0.25) is 9.80 Å². The summed E-state index contributed by atoms with van der Waals surface area (Å²) < 4.78 is 0. The number of ketones is 1. The van der Waals surface area contributed by atoms with Gasteiger partial charge in [0.05, 0.1) is 6.54 Å². The second kappa shape index (κ2) is 8.13. The molecule has 3 nitrogen and oxygen atoms in total. The average molecular weight is 294 g/mol. The van der Waals surface area contributed by atoms with Crippen molar-refractivity contribution >= 4 is 11.5 Å². The van der Waals surface area contributed by atoms with E-state index in [0.717, 1.165) is 12.3 Å². The quantitative estimate of drug-likeness (QED) is 0.576. The van der Waals surface area contributed by atoms with Crippen molar-refractivity contribution in [2.24, 2.45) is 5.10 Å². The molecule has 0 heterocycles. The fourth-order valence-corrected chi connectivity index (χ4v) is 2.38. The van der Waals surface area contributed by atoms with Gasteiger partial charge in [-0.05, 0) is 18.1 Å². The lowest BCUT2D eigenvalue weighted by atomic mass is 10.1. The normalized spacial score (nSPS) is 11.3. The van der Waals surface area contributed by atoms with E-state index < -0.39 is 0 Å². The van der Waals surface area contributed by atoms with E-state index in [4.69, 9.17) is 0 Å². The molecule has 3 heteroatoms. The zero-order valence-corrected chi connectivity index (χ0v) is 13.2. The van der Waals surface area contributed by atoms with Crippen molar-refractivity contribution < 1.29 is 4.79 Å². The monoisotopic (exact) mass is 294 g/mol. The fourth-order valence-electron chi connectivity index (χ4n) is 2.38. The lowest BCUT2D eigenvalue weighted by molar-refractivity contribution is -0.115. The van der Waals surface area contributed by atoms with Crippen molar-refractivity contribution in [3.63, 3.8) is 0 Å². The molecule has 0 amide bonds. The first-order valence-corrected chi connectivity index (χ1v) is 7.48. The Hall–Kier alpha value is -2.42. The number of benzene rings is 2. The summed E-state index contributed by atoms with van der Waals surface area (Å²) in [5, 5.41) is 6.54. The Kier molecular flexibility index (Phi) is 5.90. The molecule has 2 aromatic carbocycles. The molecule has 0 atom stereocenters. The number of rotatable bonds is 7. The topological polar surface area (TPSA) is 32.7 Å². The standard InChI is InChI=1S/C19H22N2O/c1-16(22)13-19(14-17-9-5-3-6-10-17)20-21(2)15-18-11-7-4-8-12-18/h3-12H,13-15H2,1-2H3/b20-19+. The van der Waals surface area contributed by atoms with E-state index in [1.165, 1.54) is 11.1 Å². The molecule has 0 radical (unpaired) electrons. The third-order valence-electron chi connectivity index (χ3n) is 3.27. The SMILES string of the molecule is CC(=O)C/C(Cc1ccccc1)=N\N(C)Cc1ccccc1. The summed E-state index contributed by atoms with van der Waals surface area (Å²) in [6.07, 6.45) is 1.10. The van der Waals surface area contributed by atoms with Crippen LogP contribution in [0.15, 0.2) is 65.8 Å². The molecule has 0 aromatic heterocycles. The number of hydrazone groups is 1. The maximum Gasteiger partial charge on any atom is 0.135 e. The highest BCUT2D eigenvalue weighted by molar-refractivity contribution is 6.01. The summed E-state index contributed by atoms with van der Waals surface area (Å²) in [7, 11) is 1.94. The molecule has 0 aliphatic rings. The molecule has 0 spiro atoms. The Morgan fingerprint density at radius 3 is 2.05 bits per heavy atom. The predicted molar refractivity (Wildman–Crippen MR) is 90.8 cm³/mol. The summed E-state index contributed by atoms with van der Waals surface area (Å²) in [4.78, 5) is 11.5. The number of hydrogen-bond acceptors (Lipinski definition) is 3. The van der Waals surface area contributed by atoms with E-state index >= 15 is 0 Å². The molecular weight excluding hydrogens is 272 g/mol. The van der Waals surface area contributed by atoms with E-state index in [2.05, 4.69) is 29.4 Å². The van der Waals surface area contributed by atoms with Crippen molar-refractivity contribution in [1.29, 1.82) is 0 Å². The Morgan fingerprint density at radius 2 is 1.50 bits per heavy atom. The van der Waals surface area contributed by atoms with Gasteiger partial charge >= 0.3 is 0 Å². The molecule has 2 rings (SSSR count). The van der Waals surface area contributed by atoms with Gasteiger partial charge in [-0.15, -0.1) is 0 Å². The van der Waals surface area contributed by atoms with Crippen LogP contribution < -0.4 is 0 Å². The highest BCUT2D eigenvalue weighted by atomic mass is 16.1. The molecule has 2 aromatic rings. The summed E-state index contributed by atoms with van der Waals surface area (Å²) in [5.74, 6) is 0.141. The minimum atomic E-state index is 0.141. The van der Waals surface area contributed by atoms with Crippen LogP contribution in [0.2, 0.25) is 0 Å². The summed E-state index contributed by atoms with van der Waals surface area (Å²) in [6.45, 7) is 2.34. The molecule has 114 valence electrons. The van der Waals surface area contributed by atoms with Gasteiger partial charge in [0.1, 0.15) is 5.78 Å². The first kappa shape index (κ1) is 16.0. The van der Waals surface area contributed by atoms with Crippen LogP contribution in [0.25, 0.3) is 0 Å². The highest BCUT2D eigenvalue weighted by Gasteiger charge is 2.07. The minimum Gasteiger partial charge on any atom is -0.300 e. The third kappa shape index (κ3) is 5.52. The number of nitrogens with zero attached hydrogens (tertiary/aromatic N) is 2. The highest BCUT2D eigenvalue weighted by Crippen LogP contribution is 2.07. The minimum absolute atomic E-state index is 0.141. The second-order valence-electron chi connectivity index (χ2n) is 5.51. The summed E-state index contributed by atoms with van der Waals surface area (Å²) in [5.41, 5.74) is 3.28. The second-order valence-corrected chi connectivity index (χ2v) is 5.51. The van der Waals surface area contributed by atoms with Crippen LogP contribution in [0, 0.1) is 0 Å². The van der Waals surface area contributed by atoms with E-state index in [-0.39, 0.29) is 5.78 Å². The van der Waals surface area contributed by atoms with Gasteiger partial charge in [0.2, 0.25) is 0 Å². The van der Waals surface area contributed by atoms with Crippen LogP contribution in [0.5, 0.6) is 0 Å². The van der Waals surface area contributed by atoms with Gasteiger partial charge < -0.3 is 0 Å². The summed E-state index contributed by atoms with van der Waals surface area (Å²) >= 11 is 0. The lowest BCUT2D eigenvalue weighted by Crippen LogP contribution is -2.17. The number of carbonyl (C=O) groups is 1. The molecular formula is C19H22N2O. The number of Topliss-reactive ketones (excluding diaryl/α,β-unsaturated/α-hetero) is 1. The number of hydrogen-bond donors (Lipinski definition) is 0. The maximum atomic E-state index is 11.5. The van der Waals surface area contributed by atoms with Crippen LogP contribution in [0.1, 0.15) is 24.5 Å². The van der Waals surface area contributed by atoms with E-state index in [1.807, 2.05) is 48.5 Å². The number of carbonyl (C=O) groups excluding carboxylic acids is 1. The molecule has 0 aliphatic heterocycles. The van der Waals surface area contributed by atoms with Crippen molar-refractivity contribution in [3.8, 4) is 0 Å². The lowest BCUT2D eigenvalue weighted by Gasteiger charge is -2.16. The van der Waals surface area contributed by atoms with Crippen LogP contribution in [-0.4, -0.2) is 23.6 Å². The smallest absolute Gasteiger partial charge is 0.135 e. The molecule has 0 bridgehead atoms. The van der Waals surface area contributed by atoms with E-state index in [1.54, 1.807) is 6.92 Å². The Bertz CT molecular complexity index is 620. The van der Waals surface area contributed by atoms with Crippen LogP contribution in [-0.2, 0) is 17.8 Å². The van der Waals surface area contributed by atoms with Gasteiger partial charge in [0.15, 0.2) is 0 Å². The maximum absolute atomic E-state index is 11.5. The van der Waals surface area contributed by atoms with Crippen molar-refractivity contribution in [3.05, 3.63) is 71.8 Å². The molecule has 0 N–H and O–H groups in total. The van der Waals surface area contributed by atoms with Gasteiger partial charge in [-0.25, -0.2) is 0 Å². The zero-order valence-electron chi connectivity index (χ0n) is 13.2. The third-order valence-corrected chi connectivity index (χ3v) is 3.27. The van der Waals surface area contributed by atoms with Crippen molar-refractivity contribution in [2.45, 2.75) is 26.3 Å². The molecule has 0 saturated carbocycles. The van der Waals surface area contributed by atoms with Crippen molar-refractivity contribution in [1.82, 2.24) is 5.01 Å². The van der Waals surface area contributed by atoms with E-state index in [0.29, 0.717) is 12.8 Å². The van der Waals surface area contributed by atoms with Crippen LogP contribution in [0.3, 0.4) is 0 Å². The molecule has 0 unspecified atom stereocenters. The Labute approximate surface area is 132 Å². The van der Waals surface area contributed by atoms with Crippen LogP contribution >= 0.6 is 0 Å². The van der Waals surface area contributed by atoms with Gasteiger partial charge in [0, 0.05) is 25.6 Å². The van der Waals surface area contributed by atoms with E-state index in [9.17, 15) is 4.79 Å². The zero-order chi connectivity index (χ0) is 15.8.